The number of benzene rings is 1. The third kappa shape index (κ3) is 2.86. The average Bonchev–Trinajstić information content (AvgIpc) is 2.39. The second-order valence-corrected chi connectivity index (χ2v) is 4.76. The fourth-order valence-electron chi connectivity index (χ4n) is 2.25. The lowest BCUT2D eigenvalue weighted by Gasteiger charge is -2.28. The first kappa shape index (κ1) is 12.1. The molecular weight excluding hydrogens is 214 g/mol. The molecule has 0 bridgehead atoms. The monoisotopic (exact) mass is 233 g/mol. The molecule has 1 aromatic rings. The lowest BCUT2D eigenvalue weighted by molar-refractivity contribution is 0.0600. The van der Waals surface area contributed by atoms with Gasteiger partial charge in [-0.25, -0.2) is 4.79 Å². The lowest BCUT2D eigenvalue weighted by Crippen LogP contribution is -2.31. The van der Waals surface area contributed by atoms with Crippen molar-refractivity contribution in [2.45, 2.75) is 25.8 Å². The largest absolute Gasteiger partial charge is 0.465 e. The second-order valence-electron chi connectivity index (χ2n) is 4.76. The highest BCUT2D eigenvalue weighted by Crippen LogP contribution is 2.25. The van der Waals surface area contributed by atoms with E-state index in [0.717, 1.165) is 12.5 Å². The Morgan fingerprint density at radius 3 is 2.53 bits per heavy atom. The molecule has 0 aromatic heterocycles. The Morgan fingerprint density at radius 1 is 1.29 bits per heavy atom. The van der Waals surface area contributed by atoms with Gasteiger partial charge in [-0.2, -0.15) is 0 Å². The molecule has 0 radical (unpaired) electrons. The first-order valence-corrected chi connectivity index (χ1v) is 6.12. The number of piperidine rings is 1. The summed E-state index contributed by atoms with van der Waals surface area (Å²) in [4.78, 5) is 11.3. The first-order chi connectivity index (χ1) is 8.20. The number of nitrogens with one attached hydrogen (secondary N) is 1. The van der Waals surface area contributed by atoms with E-state index in [1.165, 1.54) is 25.5 Å². The predicted octanol–water partition coefficient (Wildman–Crippen LogP) is 2.53. The molecule has 2 rings (SSSR count). The number of esters is 1. The van der Waals surface area contributed by atoms with Crippen molar-refractivity contribution in [2.75, 3.05) is 13.7 Å². The minimum absolute atomic E-state index is 0.276. The SMILES string of the molecule is COC(=O)c1ccc([C@H]2CC[C@H](C)CN2)cc1. The topological polar surface area (TPSA) is 38.3 Å². The lowest BCUT2D eigenvalue weighted by atomic mass is 9.92. The van der Waals surface area contributed by atoms with Gasteiger partial charge in [0.05, 0.1) is 12.7 Å². The van der Waals surface area contributed by atoms with Gasteiger partial charge in [0.1, 0.15) is 0 Å². The fraction of sp³-hybridized carbons (Fsp3) is 0.500. The van der Waals surface area contributed by atoms with Gasteiger partial charge in [0, 0.05) is 6.04 Å². The van der Waals surface area contributed by atoms with Crippen LogP contribution in [0.2, 0.25) is 0 Å². The third-order valence-corrected chi connectivity index (χ3v) is 3.40. The van der Waals surface area contributed by atoms with Crippen LogP contribution in [-0.4, -0.2) is 19.6 Å². The molecule has 0 saturated carbocycles. The summed E-state index contributed by atoms with van der Waals surface area (Å²) in [6.45, 7) is 3.34. The van der Waals surface area contributed by atoms with E-state index >= 15 is 0 Å². The molecule has 1 saturated heterocycles. The highest BCUT2D eigenvalue weighted by molar-refractivity contribution is 5.89. The van der Waals surface area contributed by atoms with Crippen LogP contribution in [0.5, 0.6) is 0 Å². The Kier molecular flexibility index (Phi) is 3.79. The molecule has 0 amide bonds. The van der Waals surface area contributed by atoms with Crippen molar-refractivity contribution in [3.63, 3.8) is 0 Å². The molecule has 17 heavy (non-hydrogen) atoms. The summed E-state index contributed by atoms with van der Waals surface area (Å²) in [5.74, 6) is 0.488. The molecule has 1 aliphatic rings. The molecule has 2 atom stereocenters. The van der Waals surface area contributed by atoms with Gasteiger partial charge in [-0.15, -0.1) is 0 Å². The Morgan fingerprint density at radius 2 is 2.00 bits per heavy atom. The molecule has 0 unspecified atom stereocenters. The summed E-state index contributed by atoms with van der Waals surface area (Å²) < 4.78 is 4.68. The van der Waals surface area contributed by atoms with Crippen LogP contribution in [0, 0.1) is 5.92 Å². The van der Waals surface area contributed by atoms with Crippen LogP contribution in [0.1, 0.15) is 41.7 Å². The number of carbonyl (C=O) groups excluding carboxylic acids is 1. The molecule has 1 aromatic carbocycles. The van der Waals surface area contributed by atoms with Crippen molar-refractivity contribution in [2.24, 2.45) is 5.92 Å². The minimum Gasteiger partial charge on any atom is -0.465 e. The normalized spacial score (nSPS) is 24.4. The number of carbonyl (C=O) groups is 1. The minimum atomic E-state index is -0.276. The fourth-order valence-corrected chi connectivity index (χ4v) is 2.25. The van der Waals surface area contributed by atoms with Crippen LogP contribution in [-0.2, 0) is 4.74 Å². The van der Waals surface area contributed by atoms with Gasteiger partial charge in [-0.05, 0) is 43.0 Å². The van der Waals surface area contributed by atoms with Gasteiger partial charge in [-0.3, -0.25) is 0 Å². The second kappa shape index (κ2) is 5.32. The van der Waals surface area contributed by atoms with Crippen molar-refractivity contribution >= 4 is 5.97 Å². The summed E-state index contributed by atoms with van der Waals surface area (Å²) in [6, 6.07) is 8.12. The summed E-state index contributed by atoms with van der Waals surface area (Å²) >= 11 is 0. The highest BCUT2D eigenvalue weighted by atomic mass is 16.5. The molecule has 1 N–H and O–H groups in total. The van der Waals surface area contributed by atoms with Crippen molar-refractivity contribution in [1.29, 1.82) is 0 Å². The zero-order chi connectivity index (χ0) is 12.3. The van der Waals surface area contributed by atoms with Gasteiger partial charge < -0.3 is 10.1 Å². The van der Waals surface area contributed by atoms with E-state index in [1.54, 1.807) is 0 Å². The molecule has 1 aliphatic heterocycles. The molecule has 3 nitrogen and oxygen atoms in total. The standard InChI is InChI=1S/C14H19NO2/c1-10-3-8-13(15-9-10)11-4-6-12(7-5-11)14(16)17-2/h4-7,10,13,15H,3,8-9H2,1-2H3/t10-,13+/m0/s1. The number of methoxy groups -OCH3 is 1. The van der Waals surface area contributed by atoms with Crippen LogP contribution in [0.4, 0.5) is 0 Å². The molecule has 0 aliphatic carbocycles. The smallest absolute Gasteiger partial charge is 0.337 e. The van der Waals surface area contributed by atoms with Crippen LogP contribution in [0.3, 0.4) is 0 Å². The summed E-state index contributed by atoms with van der Waals surface area (Å²) in [5.41, 5.74) is 1.87. The van der Waals surface area contributed by atoms with E-state index < -0.39 is 0 Å². The molecule has 1 heterocycles. The predicted molar refractivity (Wildman–Crippen MR) is 66.9 cm³/mol. The molecule has 3 heteroatoms. The van der Waals surface area contributed by atoms with Crippen molar-refractivity contribution in [3.8, 4) is 0 Å². The van der Waals surface area contributed by atoms with E-state index in [9.17, 15) is 4.79 Å². The van der Waals surface area contributed by atoms with E-state index in [1.807, 2.05) is 24.3 Å². The number of rotatable bonds is 2. The van der Waals surface area contributed by atoms with E-state index in [4.69, 9.17) is 0 Å². The highest BCUT2D eigenvalue weighted by Gasteiger charge is 2.18. The van der Waals surface area contributed by atoms with Gasteiger partial charge in [-0.1, -0.05) is 19.1 Å². The Balaban J connectivity index is 2.05. The number of hydrogen-bond acceptors (Lipinski definition) is 3. The van der Waals surface area contributed by atoms with Crippen LogP contribution < -0.4 is 5.32 Å². The van der Waals surface area contributed by atoms with Crippen LogP contribution in [0.15, 0.2) is 24.3 Å². The number of hydrogen-bond donors (Lipinski definition) is 1. The van der Waals surface area contributed by atoms with Crippen molar-refractivity contribution in [1.82, 2.24) is 5.32 Å². The maximum atomic E-state index is 11.3. The zero-order valence-corrected chi connectivity index (χ0v) is 10.4. The molecule has 1 fully saturated rings. The van der Waals surface area contributed by atoms with Gasteiger partial charge in [0.25, 0.3) is 0 Å². The van der Waals surface area contributed by atoms with Gasteiger partial charge in [0.15, 0.2) is 0 Å². The van der Waals surface area contributed by atoms with Crippen molar-refractivity contribution < 1.29 is 9.53 Å². The summed E-state index contributed by atoms with van der Waals surface area (Å²) in [7, 11) is 1.40. The molecular formula is C14H19NO2. The first-order valence-electron chi connectivity index (χ1n) is 6.12. The Bertz CT molecular complexity index is 378. The van der Waals surface area contributed by atoms with Crippen LogP contribution in [0.25, 0.3) is 0 Å². The third-order valence-electron chi connectivity index (χ3n) is 3.40. The van der Waals surface area contributed by atoms with E-state index in [0.29, 0.717) is 11.6 Å². The van der Waals surface area contributed by atoms with Crippen LogP contribution >= 0.6 is 0 Å². The summed E-state index contributed by atoms with van der Waals surface area (Å²) in [5, 5.41) is 3.53. The molecule has 0 spiro atoms. The summed E-state index contributed by atoms with van der Waals surface area (Å²) in [6.07, 6.45) is 2.43. The maximum absolute atomic E-state index is 11.3. The molecule has 92 valence electrons. The van der Waals surface area contributed by atoms with Gasteiger partial charge in [0.2, 0.25) is 0 Å². The number of ether oxygens (including phenoxy) is 1. The zero-order valence-electron chi connectivity index (χ0n) is 10.4. The average molecular weight is 233 g/mol. The van der Waals surface area contributed by atoms with E-state index in [2.05, 4.69) is 17.0 Å². The quantitative estimate of drug-likeness (QED) is 0.798. The maximum Gasteiger partial charge on any atom is 0.337 e. The van der Waals surface area contributed by atoms with Gasteiger partial charge >= 0.3 is 5.97 Å². The Hall–Kier alpha value is -1.35. The Labute approximate surface area is 102 Å². The van der Waals surface area contributed by atoms with Crippen molar-refractivity contribution in [3.05, 3.63) is 35.4 Å². The van der Waals surface area contributed by atoms with E-state index in [-0.39, 0.29) is 5.97 Å².